The molecule has 88 valence electrons. The van der Waals surface area contributed by atoms with Crippen molar-refractivity contribution in [3.63, 3.8) is 0 Å². The maximum atomic E-state index is 6.13. The number of hydrogen-bond donors (Lipinski definition) is 0. The second-order valence-corrected chi connectivity index (χ2v) is 5.03. The molecule has 0 spiro atoms. The summed E-state index contributed by atoms with van der Waals surface area (Å²) in [7, 11) is 0. The van der Waals surface area contributed by atoms with Gasteiger partial charge in [-0.05, 0) is 31.7 Å². The smallest absolute Gasteiger partial charge is 0.123 e. The van der Waals surface area contributed by atoms with Crippen molar-refractivity contribution < 1.29 is 4.74 Å². The van der Waals surface area contributed by atoms with Crippen LogP contribution in [-0.4, -0.2) is 6.10 Å². The van der Waals surface area contributed by atoms with Crippen molar-refractivity contribution in [3.8, 4) is 5.75 Å². The van der Waals surface area contributed by atoms with Gasteiger partial charge in [-0.25, -0.2) is 0 Å². The lowest BCUT2D eigenvalue weighted by molar-refractivity contribution is 0.182. The molecule has 1 nitrogen and oxygen atoms in total. The Morgan fingerprint density at radius 1 is 1.06 bits per heavy atom. The zero-order valence-electron chi connectivity index (χ0n) is 9.62. The van der Waals surface area contributed by atoms with E-state index < -0.39 is 0 Å². The third-order valence-electron chi connectivity index (χ3n) is 3.21. The van der Waals surface area contributed by atoms with Crippen LogP contribution in [0.4, 0.5) is 0 Å². The summed E-state index contributed by atoms with van der Waals surface area (Å²) in [6.45, 7) is 0. The minimum Gasteiger partial charge on any atom is -0.490 e. The highest BCUT2D eigenvalue weighted by atomic mass is 79.9. The molecular formula is C14H19BrO. The van der Waals surface area contributed by atoms with E-state index in [9.17, 15) is 0 Å². The van der Waals surface area contributed by atoms with Gasteiger partial charge in [-0.1, -0.05) is 47.0 Å². The Bertz CT molecular complexity index is 316. The number of para-hydroxylation sites is 1. The molecule has 0 saturated heterocycles. The van der Waals surface area contributed by atoms with Crippen molar-refractivity contribution in [2.75, 3.05) is 0 Å². The van der Waals surface area contributed by atoms with Crippen molar-refractivity contribution >= 4 is 15.9 Å². The average Bonchev–Trinajstić information content (AvgIpc) is 2.58. The number of halogens is 1. The maximum Gasteiger partial charge on any atom is 0.123 e. The van der Waals surface area contributed by atoms with Crippen LogP contribution in [0.1, 0.15) is 44.1 Å². The first kappa shape index (κ1) is 12.0. The highest BCUT2D eigenvalue weighted by molar-refractivity contribution is 9.08. The van der Waals surface area contributed by atoms with E-state index in [0.29, 0.717) is 6.10 Å². The predicted octanol–water partition coefficient (Wildman–Crippen LogP) is 4.68. The second-order valence-electron chi connectivity index (χ2n) is 4.47. The normalized spacial score (nSPS) is 18.1. The molecule has 0 aromatic heterocycles. The summed E-state index contributed by atoms with van der Waals surface area (Å²) in [5.41, 5.74) is 1.26. The summed E-state index contributed by atoms with van der Waals surface area (Å²) in [4.78, 5) is 0. The van der Waals surface area contributed by atoms with Crippen LogP contribution in [0.25, 0.3) is 0 Å². The van der Waals surface area contributed by atoms with Crippen molar-refractivity contribution in [3.05, 3.63) is 29.8 Å². The van der Waals surface area contributed by atoms with Crippen molar-refractivity contribution in [1.82, 2.24) is 0 Å². The van der Waals surface area contributed by atoms with Crippen LogP contribution in [0.2, 0.25) is 0 Å². The molecule has 1 saturated carbocycles. The van der Waals surface area contributed by atoms with Crippen molar-refractivity contribution in [2.24, 2.45) is 0 Å². The highest BCUT2D eigenvalue weighted by Gasteiger charge is 2.14. The molecule has 0 amide bonds. The van der Waals surface area contributed by atoms with Crippen molar-refractivity contribution in [2.45, 2.75) is 50.0 Å². The quantitative estimate of drug-likeness (QED) is 0.578. The maximum absolute atomic E-state index is 6.13. The molecule has 0 bridgehead atoms. The lowest BCUT2D eigenvalue weighted by Gasteiger charge is -2.18. The lowest BCUT2D eigenvalue weighted by Crippen LogP contribution is -2.15. The summed E-state index contributed by atoms with van der Waals surface area (Å²) in [5.74, 6) is 1.06. The van der Waals surface area contributed by atoms with E-state index in [0.717, 1.165) is 11.1 Å². The third kappa shape index (κ3) is 3.24. The minimum absolute atomic E-state index is 0.433. The standard InChI is InChI=1S/C14H19BrO/c15-11-12-7-5-6-10-14(12)16-13-8-3-1-2-4-9-13/h5-7,10,13H,1-4,8-9,11H2. The molecule has 0 radical (unpaired) electrons. The first-order valence-corrected chi connectivity index (χ1v) is 7.33. The second kappa shape index (κ2) is 6.29. The molecule has 2 rings (SSSR count). The number of ether oxygens (including phenoxy) is 1. The highest BCUT2D eigenvalue weighted by Crippen LogP contribution is 2.26. The first-order valence-electron chi connectivity index (χ1n) is 6.20. The molecule has 0 atom stereocenters. The molecule has 0 aliphatic heterocycles. The molecular weight excluding hydrogens is 264 g/mol. The van der Waals surface area contributed by atoms with E-state index in [4.69, 9.17) is 4.74 Å². The molecule has 1 fully saturated rings. The van der Waals surface area contributed by atoms with Gasteiger partial charge in [0.05, 0.1) is 6.10 Å². The Balaban J connectivity index is 2.01. The van der Waals surface area contributed by atoms with Gasteiger partial charge >= 0.3 is 0 Å². The van der Waals surface area contributed by atoms with Crippen LogP contribution in [-0.2, 0) is 5.33 Å². The van der Waals surface area contributed by atoms with Gasteiger partial charge in [0.2, 0.25) is 0 Å². The van der Waals surface area contributed by atoms with Gasteiger partial charge in [0.25, 0.3) is 0 Å². The Morgan fingerprint density at radius 2 is 1.75 bits per heavy atom. The molecule has 16 heavy (non-hydrogen) atoms. The fourth-order valence-corrected chi connectivity index (χ4v) is 2.73. The fraction of sp³-hybridized carbons (Fsp3) is 0.571. The number of benzene rings is 1. The number of hydrogen-bond acceptors (Lipinski definition) is 1. The molecule has 0 heterocycles. The first-order chi connectivity index (χ1) is 7.90. The van der Waals surface area contributed by atoms with Crippen LogP contribution in [0.5, 0.6) is 5.75 Å². The Kier molecular flexibility index (Phi) is 4.70. The molecule has 1 aliphatic rings. The fourth-order valence-electron chi connectivity index (χ4n) is 2.27. The van der Waals surface area contributed by atoms with E-state index >= 15 is 0 Å². The minimum atomic E-state index is 0.433. The number of alkyl halides is 1. The zero-order chi connectivity index (χ0) is 11.2. The van der Waals surface area contributed by atoms with Crippen molar-refractivity contribution in [1.29, 1.82) is 0 Å². The summed E-state index contributed by atoms with van der Waals surface area (Å²) < 4.78 is 6.13. The summed E-state index contributed by atoms with van der Waals surface area (Å²) in [5, 5.41) is 0.871. The molecule has 1 aromatic rings. The van der Waals surface area contributed by atoms with Gasteiger partial charge < -0.3 is 4.74 Å². The summed E-state index contributed by atoms with van der Waals surface area (Å²) in [6, 6.07) is 8.33. The monoisotopic (exact) mass is 282 g/mol. The summed E-state index contributed by atoms with van der Waals surface area (Å²) in [6.07, 6.45) is 8.26. The molecule has 0 unspecified atom stereocenters. The van der Waals surface area contributed by atoms with Crippen LogP contribution >= 0.6 is 15.9 Å². The van der Waals surface area contributed by atoms with Crippen LogP contribution in [0.15, 0.2) is 24.3 Å². The average molecular weight is 283 g/mol. The van der Waals surface area contributed by atoms with Crippen LogP contribution in [0, 0.1) is 0 Å². The Hall–Kier alpha value is -0.500. The zero-order valence-corrected chi connectivity index (χ0v) is 11.2. The van der Waals surface area contributed by atoms with Gasteiger partial charge in [-0.15, -0.1) is 0 Å². The summed E-state index contributed by atoms with van der Waals surface area (Å²) >= 11 is 3.51. The van der Waals surface area contributed by atoms with E-state index in [1.54, 1.807) is 0 Å². The Labute approximate surface area is 106 Å². The van der Waals surface area contributed by atoms with Gasteiger partial charge in [0, 0.05) is 10.9 Å². The SMILES string of the molecule is BrCc1ccccc1OC1CCCCCC1. The van der Waals surface area contributed by atoms with Crippen LogP contribution < -0.4 is 4.74 Å². The Morgan fingerprint density at radius 3 is 2.44 bits per heavy atom. The van der Waals surface area contributed by atoms with Gasteiger partial charge in [0.1, 0.15) is 5.75 Å². The van der Waals surface area contributed by atoms with Gasteiger partial charge in [0.15, 0.2) is 0 Å². The molecule has 2 heteroatoms. The molecule has 0 N–H and O–H groups in total. The lowest BCUT2D eigenvalue weighted by atomic mass is 10.1. The van der Waals surface area contributed by atoms with Crippen LogP contribution in [0.3, 0.4) is 0 Å². The number of rotatable bonds is 3. The van der Waals surface area contributed by atoms with E-state index in [1.165, 1.54) is 44.1 Å². The van der Waals surface area contributed by atoms with E-state index in [1.807, 2.05) is 0 Å². The molecule has 1 aromatic carbocycles. The topological polar surface area (TPSA) is 9.23 Å². The van der Waals surface area contributed by atoms with E-state index in [-0.39, 0.29) is 0 Å². The largest absolute Gasteiger partial charge is 0.490 e. The third-order valence-corrected chi connectivity index (χ3v) is 3.82. The molecule has 1 aliphatic carbocycles. The predicted molar refractivity (Wildman–Crippen MR) is 71.2 cm³/mol. The van der Waals surface area contributed by atoms with Gasteiger partial charge in [-0.2, -0.15) is 0 Å². The van der Waals surface area contributed by atoms with Gasteiger partial charge in [-0.3, -0.25) is 0 Å². The van der Waals surface area contributed by atoms with E-state index in [2.05, 4.69) is 40.2 Å².